The third-order valence-electron chi connectivity index (χ3n) is 3.45. The molecule has 0 amide bonds. The lowest BCUT2D eigenvalue weighted by atomic mass is 9.96. The van der Waals surface area contributed by atoms with E-state index in [1.54, 1.807) is 6.20 Å². The Kier molecular flexibility index (Phi) is 4.69. The van der Waals surface area contributed by atoms with Crippen molar-refractivity contribution >= 4 is 0 Å². The van der Waals surface area contributed by atoms with Crippen LogP contribution in [0.2, 0.25) is 0 Å². The van der Waals surface area contributed by atoms with Crippen molar-refractivity contribution in [1.82, 2.24) is 4.98 Å². The van der Waals surface area contributed by atoms with Crippen molar-refractivity contribution in [3.63, 3.8) is 0 Å². The second-order valence-electron chi connectivity index (χ2n) is 4.82. The van der Waals surface area contributed by atoms with Gasteiger partial charge in [0.25, 0.3) is 0 Å². The van der Waals surface area contributed by atoms with Gasteiger partial charge in [0.05, 0.1) is 0 Å². The van der Waals surface area contributed by atoms with E-state index in [-0.39, 0.29) is 0 Å². The molecule has 0 aliphatic rings. The zero-order valence-corrected chi connectivity index (χ0v) is 11.6. The van der Waals surface area contributed by atoms with Crippen LogP contribution in [0.4, 0.5) is 0 Å². The molecule has 2 nitrogen and oxygen atoms in total. The van der Waals surface area contributed by atoms with Gasteiger partial charge in [0, 0.05) is 12.4 Å². The maximum Gasteiger partial charge on any atom is 0.104 e. The van der Waals surface area contributed by atoms with Crippen molar-refractivity contribution in [2.24, 2.45) is 0 Å². The first-order valence-corrected chi connectivity index (χ1v) is 6.96. The molecule has 0 saturated heterocycles. The van der Waals surface area contributed by atoms with Gasteiger partial charge in [0.15, 0.2) is 0 Å². The third-order valence-corrected chi connectivity index (χ3v) is 3.45. The number of pyridine rings is 1. The molecule has 0 aliphatic heterocycles. The van der Waals surface area contributed by atoms with Gasteiger partial charge < -0.3 is 5.11 Å². The number of hydrogen-bond acceptors (Lipinski definition) is 2. The van der Waals surface area contributed by atoms with Crippen LogP contribution in [0.3, 0.4) is 0 Å². The summed E-state index contributed by atoms with van der Waals surface area (Å²) in [5.74, 6) is 0. The Morgan fingerprint density at radius 3 is 2.47 bits per heavy atom. The van der Waals surface area contributed by atoms with Gasteiger partial charge in [0.2, 0.25) is 0 Å². The standard InChI is InChI=1S/C17H21NO/c1-3-5-13-6-8-15(9-7-13)17(19)16-10-11-18-12-14(16)4-2/h6-12,17,19H,3-5H2,1-2H3. The molecule has 1 unspecified atom stereocenters. The van der Waals surface area contributed by atoms with E-state index in [1.165, 1.54) is 5.56 Å². The molecule has 2 rings (SSSR count). The van der Waals surface area contributed by atoms with E-state index in [0.717, 1.165) is 36.0 Å². The van der Waals surface area contributed by atoms with Gasteiger partial charge in [-0.1, -0.05) is 44.5 Å². The maximum atomic E-state index is 10.5. The van der Waals surface area contributed by atoms with Gasteiger partial charge in [-0.25, -0.2) is 0 Å². The molecule has 0 aliphatic carbocycles. The molecular formula is C17H21NO. The van der Waals surface area contributed by atoms with E-state index in [4.69, 9.17) is 0 Å². The van der Waals surface area contributed by atoms with Crippen molar-refractivity contribution in [2.75, 3.05) is 0 Å². The lowest BCUT2D eigenvalue weighted by Crippen LogP contribution is -2.04. The molecule has 1 heterocycles. The van der Waals surface area contributed by atoms with Crippen LogP contribution in [0, 0.1) is 0 Å². The summed E-state index contributed by atoms with van der Waals surface area (Å²) < 4.78 is 0. The molecule has 0 spiro atoms. The van der Waals surface area contributed by atoms with Crippen molar-refractivity contribution in [1.29, 1.82) is 0 Å². The smallest absolute Gasteiger partial charge is 0.104 e. The predicted molar refractivity (Wildman–Crippen MR) is 78.1 cm³/mol. The largest absolute Gasteiger partial charge is 0.384 e. The van der Waals surface area contributed by atoms with E-state index in [9.17, 15) is 5.11 Å². The second-order valence-corrected chi connectivity index (χ2v) is 4.82. The molecule has 1 aromatic heterocycles. The van der Waals surface area contributed by atoms with Gasteiger partial charge in [-0.3, -0.25) is 4.98 Å². The fourth-order valence-electron chi connectivity index (χ4n) is 2.33. The Bertz CT molecular complexity index is 519. The summed E-state index contributed by atoms with van der Waals surface area (Å²) in [5.41, 5.74) is 4.33. The number of aryl methyl sites for hydroxylation is 2. The lowest BCUT2D eigenvalue weighted by molar-refractivity contribution is 0.219. The minimum atomic E-state index is -0.561. The molecule has 2 heteroatoms. The Morgan fingerprint density at radius 2 is 1.84 bits per heavy atom. The molecule has 1 aromatic carbocycles. The van der Waals surface area contributed by atoms with E-state index >= 15 is 0 Å². The molecule has 1 atom stereocenters. The second kappa shape index (κ2) is 6.48. The monoisotopic (exact) mass is 255 g/mol. The molecule has 0 bridgehead atoms. The van der Waals surface area contributed by atoms with Crippen LogP contribution < -0.4 is 0 Å². The number of nitrogens with zero attached hydrogens (tertiary/aromatic N) is 1. The third kappa shape index (κ3) is 3.21. The number of aliphatic hydroxyl groups is 1. The molecule has 0 fully saturated rings. The minimum absolute atomic E-state index is 0.561. The van der Waals surface area contributed by atoms with Gasteiger partial charge in [-0.05, 0) is 41.2 Å². The molecular weight excluding hydrogens is 234 g/mol. The topological polar surface area (TPSA) is 33.1 Å². The lowest BCUT2D eigenvalue weighted by Gasteiger charge is -2.15. The Labute approximate surface area is 115 Å². The first kappa shape index (κ1) is 13.8. The summed E-state index contributed by atoms with van der Waals surface area (Å²) in [4.78, 5) is 4.12. The highest BCUT2D eigenvalue weighted by molar-refractivity contribution is 5.35. The Hall–Kier alpha value is -1.67. The summed E-state index contributed by atoms with van der Waals surface area (Å²) in [7, 11) is 0. The summed E-state index contributed by atoms with van der Waals surface area (Å²) in [6.07, 6.45) is 6.13. The highest BCUT2D eigenvalue weighted by Gasteiger charge is 2.13. The molecule has 19 heavy (non-hydrogen) atoms. The summed E-state index contributed by atoms with van der Waals surface area (Å²) in [5, 5.41) is 10.5. The highest BCUT2D eigenvalue weighted by Crippen LogP contribution is 2.25. The zero-order valence-electron chi connectivity index (χ0n) is 11.6. The fraction of sp³-hybridized carbons (Fsp3) is 0.353. The normalized spacial score (nSPS) is 12.4. The Morgan fingerprint density at radius 1 is 1.11 bits per heavy atom. The van der Waals surface area contributed by atoms with Gasteiger partial charge >= 0.3 is 0 Å². The first-order chi connectivity index (χ1) is 9.26. The number of hydrogen-bond donors (Lipinski definition) is 1. The van der Waals surface area contributed by atoms with Crippen LogP contribution in [0.25, 0.3) is 0 Å². The number of aliphatic hydroxyl groups excluding tert-OH is 1. The molecule has 0 radical (unpaired) electrons. The average Bonchev–Trinajstić information content (AvgIpc) is 2.47. The Balaban J connectivity index is 2.25. The van der Waals surface area contributed by atoms with E-state index in [1.807, 2.05) is 24.4 Å². The number of benzene rings is 1. The van der Waals surface area contributed by atoms with Gasteiger partial charge in [-0.15, -0.1) is 0 Å². The van der Waals surface area contributed by atoms with Crippen LogP contribution in [0.15, 0.2) is 42.7 Å². The SMILES string of the molecule is CCCc1ccc(C(O)c2ccncc2CC)cc1. The number of rotatable bonds is 5. The molecule has 0 saturated carbocycles. The van der Waals surface area contributed by atoms with E-state index < -0.39 is 6.10 Å². The molecule has 2 aromatic rings. The van der Waals surface area contributed by atoms with Crippen molar-refractivity contribution < 1.29 is 5.11 Å². The summed E-state index contributed by atoms with van der Waals surface area (Å²) in [6.45, 7) is 4.25. The average molecular weight is 255 g/mol. The van der Waals surface area contributed by atoms with Crippen LogP contribution in [-0.2, 0) is 12.8 Å². The van der Waals surface area contributed by atoms with E-state index in [0.29, 0.717) is 0 Å². The zero-order chi connectivity index (χ0) is 13.7. The molecule has 1 N–H and O–H groups in total. The maximum absolute atomic E-state index is 10.5. The van der Waals surface area contributed by atoms with E-state index in [2.05, 4.69) is 31.0 Å². The van der Waals surface area contributed by atoms with Crippen LogP contribution in [-0.4, -0.2) is 10.1 Å². The fourth-order valence-corrected chi connectivity index (χ4v) is 2.33. The van der Waals surface area contributed by atoms with Crippen LogP contribution in [0.1, 0.15) is 48.6 Å². The first-order valence-electron chi connectivity index (χ1n) is 6.96. The van der Waals surface area contributed by atoms with Crippen LogP contribution >= 0.6 is 0 Å². The quantitative estimate of drug-likeness (QED) is 0.884. The number of aromatic nitrogens is 1. The molecule has 100 valence electrons. The van der Waals surface area contributed by atoms with Gasteiger partial charge in [0.1, 0.15) is 6.10 Å². The van der Waals surface area contributed by atoms with Gasteiger partial charge in [-0.2, -0.15) is 0 Å². The highest BCUT2D eigenvalue weighted by atomic mass is 16.3. The van der Waals surface area contributed by atoms with Crippen molar-refractivity contribution in [3.05, 3.63) is 65.0 Å². The minimum Gasteiger partial charge on any atom is -0.384 e. The van der Waals surface area contributed by atoms with Crippen LogP contribution in [0.5, 0.6) is 0 Å². The summed E-state index contributed by atoms with van der Waals surface area (Å²) >= 11 is 0. The predicted octanol–water partition coefficient (Wildman–Crippen LogP) is 3.68. The van der Waals surface area contributed by atoms with Crippen molar-refractivity contribution in [3.8, 4) is 0 Å². The van der Waals surface area contributed by atoms with Crippen molar-refractivity contribution in [2.45, 2.75) is 39.2 Å². The summed E-state index contributed by atoms with van der Waals surface area (Å²) in [6, 6.07) is 10.2.